The van der Waals surface area contributed by atoms with E-state index in [1.54, 1.807) is 43.3 Å². The Labute approximate surface area is 183 Å². The van der Waals surface area contributed by atoms with Crippen LogP contribution in [0.4, 0.5) is 11.4 Å². The molecule has 0 aliphatic heterocycles. The number of anilines is 1. The first kappa shape index (κ1) is 21.2. The number of benzene rings is 2. The van der Waals surface area contributed by atoms with E-state index in [0.29, 0.717) is 22.6 Å². The van der Waals surface area contributed by atoms with E-state index >= 15 is 0 Å². The van der Waals surface area contributed by atoms with Crippen LogP contribution in [0.25, 0.3) is 5.69 Å². The van der Waals surface area contributed by atoms with E-state index in [9.17, 15) is 19.7 Å². The zero-order chi connectivity index (χ0) is 22.7. The third-order valence-electron chi connectivity index (χ3n) is 5.49. The molecule has 4 rings (SSSR count). The smallest absolute Gasteiger partial charge is 0.278 e. The number of nitro benzene ring substituents is 1. The summed E-state index contributed by atoms with van der Waals surface area (Å²) in [5.74, 6) is -0.590. The van der Waals surface area contributed by atoms with E-state index < -0.39 is 10.8 Å². The van der Waals surface area contributed by atoms with Gasteiger partial charge in [-0.05, 0) is 50.1 Å². The highest BCUT2D eigenvalue weighted by Gasteiger charge is 2.20. The van der Waals surface area contributed by atoms with Gasteiger partial charge in [0.2, 0.25) is 0 Å². The van der Waals surface area contributed by atoms with Crippen molar-refractivity contribution < 1.29 is 14.5 Å². The minimum absolute atomic E-state index is 0.0829. The molecule has 1 aliphatic carbocycles. The Morgan fingerprint density at radius 1 is 1.09 bits per heavy atom. The molecule has 1 aromatic heterocycles. The second-order valence-electron chi connectivity index (χ2n) is 7.70. The Bertz CT molecular complexity index is 1170. The summed E-state index contributed by atoms with van der Waals surface area (Å²) in [7, 11) is 0. The molecule has 3 aromatic rings. The van der Waals surface area contributed by atoms with Crippen LogP contribution in [0, 0.1) is 17.0 Å². The largest absolute Gasteiger partial charge is 0.349 e. The van der Waals surface area contributed by atoms with Gasteiger partial charge in [0.15, 0.2) is 5.69 Å². The molecule has 1 aliphatic rings. The lowest BCUT2D eigenvalue weighted by Crippen LogP contribution is -2.32. The molecule has 0 spiro atoms. The van der Waals surface area contributed by atoms with E-state index in [1.807, 2.05) is 0 Å². The topological polar surface area (TPSA) is 132 Å². The molecule has 1 fully saturated rings. The van der Waals surface area contributed by atoms with Crippen LogP contribution in [0.15, 0.2) is 48.5 Å². The minimum atomic E-state index is -0.499. The second-order valence-corrected chi connectivity index (χ2v) is 7.70. The quantitative estimate of drug-likeness (QED) is 0.451. The van der Waals surface area contributed by atoms with Gasteiger partial charge in [-0.3, -0.25) is 19.7 Å². The van der Waals surface area contributed by atoms with Crippen molar-refractivity contribution in [2.75, 3.05) is 5.32 Å². The predicted molar refractivity (Wildman–Crippen MR) is 117 cm³/mol. The SMILES string of the molecule is Cc1c(C(=O)Nc2ccc(C(=O)NC3CCCC3)cc2)nnn1-c1cccc([N+](=O)[O-])c1. The van der Waals surface area contributed by atoms with Crippen molar-refractivity contribution in [2.24, 2.45) is 0 Å². The third kappa shape index (κ3) is 4.48. The van der Waals surface area contributed by atoms with Gasteiger partial charge in [-0.15, -0.1) is 5.10 Å². The Morgan fingerprint density at radius 2 is 1.81 bits per heavy atom. The van der Waals surface area contributed by atoms with Crippen molar-refractivity contribution in [1.29, 1.82) is 0 Å². The van der Waals surface area contributed by atoms with E-state index in [4.69, 9.17) is 0 Å². The molecule has 0 saturated heterocycles. The Kier molecular flexibility index (Phi) is 5.93. The van der Waals surface area contributed by atoms with Crippen molar-refractivity contribution >= 4 is 23.2 Å². The number of nitrogens with zero attached hydrogens (tertiary/aromatic N) is 4. The summed E-state index contributed by atoms with van der Waals surface area (Å²) < 4.78 is 1.37. The lowest BCUT2D eigenvalue weighted by Gasteiger charge is -2.12. The standard InChI is InChI=1S/C22H22N6O4/c1-14-20(25-26-27(14)18-7-4-8-19(13-18)28(31)32)22(30)24-17-11-9-15(10-12-17)21(29)23-16-5-2-3-6-16/h4,7-13,16H,2-3,5-6H2,1H3,(H,23,29)(H,24,30). The molecule has 2 amide bonds. The summed E-state index contributed by atoms with van der Waals surface area (Å²) in [4.78, 5) is 35.5. The number of nitrogens with one attached hydrogen (secondary N) is 2. The summed E-state index contributed by atoms with van der Waals surface area (Å²) >= 11 is 0. The van der Waals surface area contributed by atoms with Gasteiger partial charge in [0.25, 0.3) is 17.5 Å². The molecular weight excluding hydrogens is 412 g/mol. The number of hydrogen-bond donors (Lipinski definition) is 2. The third-order valence-corrected chi connectivity index (χ3v) is 5.49. The number of aromatic nitrogens is 3. The highest BCUT2D eigenvalue weighted by molar-refractivity contribution is 6.04. The van der Waals surface area contributed by atoms with Crippen molar-refractivity contribution in [1.82, 2.24) is 20.3 Å². The summed E-state index contributed by atoms with van der Waals surface area (Å²) in [5, 5.41) is 24.7. The molecule has 0 bridgehead atoms. The van der Waals surface area contributed by atoms with E-state index in [1.165, 1.54) is 16.8 Å². The molecule has 10 heteroatoms. The number of amides is 2. The summed E-state index contributed by atoms with van der Waals surface area (Å²) in [6, 6.07) is 12.8. The van der Waals surface area contributed by atoms with E-state index in [-0.39, 0.29) is 23.3 Å². The molecule has 2 aromatic carbocycles. The average Bonchev–Trinajstić information content (AvgIpc) is 3.43. The molecule has 2 N–H and O–H groups in total. The lowest BCUT2D eigenvalue weighted by molar-refractivity contribution is -0.384. The van der Waals surface area contributed by atoms with Crippen LogP contribution < -0.4 is 10.6 Å². The zero-order valence-electron chi connectivity index (χ0n) is 17.4. The van der Waals surface area contributed by atoms with Crippen LogP contribution >= 0.6 is 0 Å². The van der Waals surface area contributed by atoms with Crippen LogP contribution in [-0.4, -0.2) is 37.8 Å². The van der Waals surface area contributed by atoms with Gasteiger partial charge in [0.05, 0.1) is 16.3 Å². The molecule has 164 valence electrons. The van der Waals surface area contributed by atoms with Crippen LogP contribution in [0.5, 0.6) is 0 Å². The highest BCUT2D eigenvalue weighted by Crippen LogP contribution is 2.20. The second kappa shape index (κ2) is 8.96. The molecule has 0 atom stereocenters. The van der Waals surface area contributed by atoms with Crippen molar-refractivity contribution in [3.63, 3.8) is 0 Å². The number of non-ortho nitro benzene ring substituents is 1. The number of nitro groups is 1. The molecule has 1 saturated carbocycles. The first-order valence-electron chi connectivity index (χ1n) is 10.3. The minimum Gasteiger partial charge on any atom is -0.349 e. The van der Waals surface area contributed by atoms with Crippen LogP contribution in [0.1, 0.15) is 52.2 Å². The molecule has 0 radical (unpaired) electrons. The van der Waals surface area contributed by atoms with Crippen LogP contribution in [-0.2, 0) is 0 Å². The number of carbonyl (C=O) groups is 2. The summed E-state index contributed by atoms with van der Waals surface area (Å²) in [6.45, 7) is 1.66. The molecule has 1 heterocycles. The summed E-state index contributed by atoms with van der Waals surface area (Å²) in [5.41, 5.74) is 1.93. The number of hydrogen-bond acceptors (Lipinski definition) is 6. The van der Waals surface area contributed by atoms with Gasteiger partial charge in [0.1, 0.15) is 0 Å². The van der Waals surface area contributed by atoms with Crippen LogP contribution in [0.2, 0.25) is 0 Å². The zero-order valence-corrected chi connectivity index (χ0v) is 17.4. The lowest BCUT2D eigenvalue weighted by atomic mass is 10.1. The fourth-order valence-corrected chi connectivity index (χ4v) is 3.76. The normalized spacial score (nSPS) is 13.7. The molecule has 0 unspecified atom stereocenters. The predicted octanol–water partition coefficient (Wildman–Crippen LogP) is 3.41. The highest BCUT2D eigenvalue weighted by atomic mass is 16.6. The number of carbonyl (C=O) groups excluding carboxylic acids is 2. The van der Waals surface area contributed by atoms with Gasteiger partial charge in [-0.25, -0.2) is 4.68 Å². The van der Waals surface area contributed by atoms with Gasteiger partial charge in [-0.1, -0.05) is 24.1 Å². The van der Waals surface area contributed by atoms with Gasteiger partial charge < -0.3 is 10.6 Å². The maximum atomic E-state index is 12.7. The van der Waals surface area contributed by atoms with E-state index in [0.717, 1.165) is 25.7 Å². The van der Waals surface area contributed by atoms with Gasteiger partial charge in [-0.2, -0.15) is 0 Å². The van der Waals surface area contributed by atoms with E-state index in [2.05, 4.69) is 20.9 Å². The van der Waals surface area contributed by atoms with Gasteiger partial charge in [0, 0.05) is 29.4 Å². The molecule has 32 heavy (non-hydrogen) atoms. The first-order valence-corrected chi connectivity index (χ1v) is 10.3. The Hall–Kier alpha value is -4.08. The monoisotopic (exact) mass is 434 g/mol. The molecular formula is C22H22N6O4. The first-order chi connectivity index (χ1) is 15.4. The maximum absolute atomic E-state index is 12.7. The van der Waals surface area contributed by atoms with Crippen LogP contribution in [0.3, 0.4) is 0 Å². The van der Waals surface area contributed by atoms with Crippen molar-refractivity contribution in [3.8, 4) is 5.69 Å². The Balaban J connectivity index is 1.44. The maximum Gasteiger partial charge on any atom is 0.278 e. The molecule has 10 nitrogen and oxygen atoms in total. The van der Waals surface area contributed by atoms with Crippen molar-refractivity contribution in [2.45, 2.75) is 38.6 Å². The average molecular weight is 434 g/mol. The Morgan fingerprint density at radius 3 is 2.50 bits per heavy atom. The van der Waals surface area contributed by atoms with Crippen molar-refractivity contribution in [3.05, 3.63) is 75.6 Å². The fraction of sp³-hybridized carbons (Fsp3) is 0.273. The van der Waals surface area contributed by atoms with Gasteiger partial charge >= 0.3 is 0 Å². The number of rotatable bonds is 6. The fourth-order valence-electron chi connectivity index (χ4n) is 3.76. The summed E-state index contributed by atoms with van der Waals surface area (Å²) in [6.07, 6.45) is 4.30.